The molecule has 0 aromatic heterocycles. The van der Waals surface area contributed by atoms with Gasteiger partial charge in [-0.05, 0) is 13.5 Å². The third-order valence-electron chi connectivity index (χ3n) is 7.98. The minimum atomic E-state index is -0.697. The summed E-state index contributed by atoms with van der Waals surface area (Å²) < 4.78 is 6.11. The van der Waals surface area contributed by atoms with Gasteiger partial charge in [-0.2, -0.15) is 5.26 Å². The Morgan fingerprint density at radius 2 is 2.14 bits per heavy atom. The van der Waals surface area contributed by atoms with E-state index in [1.165, 1.54) is 6.08 Å². The summed E-state index contributed by atoms with van der Waals surface area (Å²) in [5, 5.41) is 20.4. The van der Waals surface area contributed by atoms with Gasteiger partial charge in [0.1, 0.15) is 12.3 Å². The van der Waals surface area contributed by atoms with Crippen molar-refractivity contribution in [1.29, 1.82) is 5.26 Å². The number of hydrogen-bond acceptors (Lipinski definition) is 9. The van der Waals surface area contributed by atoms with Crippen LogP contribution in [0.1, 0.15) is 6.42 Å². The Morgan fingerprint density at radius 3 is 2.86 bits per heavy atom. The predicted molar refractivity (Wildman–Crippen MR) is 98.9 cm³/mol. The van der Waals surface area contributed by atoms with Gasteiger partial charge in [-0.3, -0.25) is 24.3 Å². The Hall–Kier alpha value is -2.09. The van der Waals surface area contributed by atoms with Gasteiger partial charge in [-0.25, -0.2) is 0 Å². The van der Waals surface area contributed by atoms with Gasteiger partial charge in [0.05, 0.1) is 37.1 Å². The largest absolute Gasteiger partial charge is 0.395 e. The van der Waals surface area contributed by atoms with Crippen molar-refractivity contribution in [2.24, 2.45) is 11.7 Å². The molecule has 1 aliphatic carbocycles. The quantitative estimate of drug-likeness (QED) is 0.482. The topological polar surface area (TPSA) is 123 Å². The van der Waals surface area contributed by atoms with E-state index in [1.807, 2.05) is 11.9 Å². The molecule has 4 fully saturated rings. The number of piperazine rings is 1. The monoisotopic (exact) mass is 397 g/mol. The fourth-order valence-corrected chi connectivity index (χ4v) is 7.07. The molecule has 0 amide bonds. The number of nitriles is 1. The smallest absolute Gasteiger partial charge is 0.206 e. The van der Waals surface area contributed by atoms with Gasteiger partial charge in [0.25, 0.3) is 0 Å². The summed E-state index contributed by atoms with van der Waals surface area (Å²) in [5.74, 6) is -0.439. The van der Waals surface area contributed by atoms with Crippen LogP contribution in [0.3, 0.4) is 0 Å². The highest BCUT2D eigenvalue weighted by molar-refractivity contribution is 6.23. The number of aliphatic hydroxyl groups excluding tert-OH is 1. The van der Waals surface area contributed by atoms with Crippen LogP contribution < -0.4 is 5.73 Å². The van der Waals surface area contributed by atoms with Crippen molar-refractivity contribution in [3.63, 3.8) is 0 Å². The zero-order chi connectivity index (χ0) is 20.2. The van der Waals surface area contributed by atoms with Gasteiger partial charge in [0.15, 0.2) is 5.78 Å². The van der Waals surface area contributed by atoms with Gasteiger partial charge < -0.3 is 15.6 Å². The van der Waals surface area contributed by atoms with Crippen LogP contribution >= 0.6 is 0 Å². The number of piperidine rings is 1. The van der Waals surface area contributed by atoms with Crippen LogP contribution in [0.25, 0.3) is 0 Å². The van der Waals surface area contributed by atoms with E-state index in [0.29, 0.717) is 18.7 Å². The minimum absolute atomic E-state index is 0.00506. The summed E-state index contributed by atoms with van der Waals surface area (Å²) in [6.07, 6.45) is 1.92. The highest BCUT2D eigenvalue weighted by Crippen LogP contribution is 2.54. The number of fused-ring (bicyclic) bond motifs is 5. The predicted octanol–water partition coefficient (Wildman–Crippen LogP) is -2.04. The molecule has 0 radical (unpaired) electrons. The maximum atomic E-state index is 13.1. The number of ether oxygens (including phenoxy) is 1. The molecule has 3 N–H and O–H groups in total. The number of rotatable bonds is 1. The van der Waals surface area contributed by atoms with Crippen molar-refractivity contribution < 1.29 is 19.4 Å². The highest BCUT2D eigenvalue weighted by Gasteiger charge is 2.68. The van der Waals surface area contributed by atoms with Gasteiger partial charge in [0.2, 0.25) is 5.78 Å². The normalized spacial score (nSPS) is 46.4. The van der Waals surface area contributed by atoms with Crippen LogP contribution in [0.15, 0.2) is 22.9 Å². The average Bonchev–Trinajstić information content (AvgIpc) is 3.28. The summed E-state index contributed by atoms with van der Waals surface area (Å²) in [4.78, 5) is 32.7. The molecule has 0 spiro atoms. The number of carbonyl (C=O) groups is 2. The Morgan fingerprint density at radius 1 is 1.34 bits per heavy atom. The van der Waals surface area contributed by atoms with E-state index >= 15 is 0 Å². The summed E-state index contributed by atoms with van der Waals surface area (Å²) in [6.45, 7) is 0.926. The first-order valence-electron chi connectivity index (χ1n) is 10.2. The fraction of sp³-hybridized carbons (Fsp3) is 0.650. The lowest BCUT2D eigenvalue weighted by atomic mass is 9.70. The number of aliphatic hydroxyl groups is 1. The molecule has 8 unspecified atom stereocenters. The van der Waals surface area contributed by atoms with Crippen LogP contribution in [0, 0.1) is 17.2 Å². The summed E-state index contributed by atoms with van der Waals surface area (Å²) in [5.41, 5.74) is 6.48. The Labute approximate surface area is 168 Å². The zero-order valence-electron chi connectivity index (χ0n) is 16.1. The number of Topliss-reactive ketones (excluding diaryl/α,β-unsaturated/α-hetero) is 1. The summed E-state index contributed by atoms with van der Waals surface area (Å²) in [7, 11) is 2.04. The first-order chi connectivity index (χ1) is 14.0. The standard InChI is InChI=1S/C20H23N5O4/c1-23-10-4-8-16(23)18-17(24-2-3-29-20(8)24)15-13(27)5-9(22)19(28)14(15)12(7-26)25(18)11(10)6-21/h5,8,10-12,16-18,20,26H,2-4,7,22H2,1H3. The SMILES string of the molecule is CN1C2CC3C1C1C(C4=C(C(=O)C(N)=CC4=O)C(CO)N1C2C#N)N1CCOC31. The molecule has 6 aliphatic rings. The van der Waals surface area contributed by atoms with Gasteiger partial charge >= 0.3 is 0 Å². The number of hydrogen-bond donors (Lipinski definition) is 2. The van der Waals surface area contributed by atoms with Gasteiger partial charge in [-0.1, -0.05) is 0 Å². The third kappa shape index (κ3) is 1.92. The molecule has 29 heavy (non-hydrogen) atoms. The maximum absolute atomic E-state index is 13.1. The highest BCUT2D eigenvalue weighted by atomic mass is 16.5. The van der Waals surface area contributed by atoms with E-state index in [4.69, 9.17) is 10.5 Å². The van der Waals surface area contributed by atoms with Crippen molar-refractivity contribution in [1.82, 2.24) is 14.7 Å². The number of nitrogens with two attached hydrogens (primary N) is 1. The van der Waals surface area contributed by atoms with Crippen molar-refractivity contribution in [2.45, 2.75) is 48.9 Å². The average molecular weight is 397 g/mol. The van der Waals surface area contributed by atoms with Crippen molar-refractivity contribution in [3.05, 3.63) is 22.9 Å². The lowest BCUT2D eigenvalue weighted by Crippen LogP contribution is -2.78. The van der Waals surface area contributed by atoms with Crippen molar-refractivity contribution in [3.8, 4) is 6.07 Å². The number of allylic oxidation sites excluding steroid dienone is 2. The lowest BCUT2D eigenvalue weighted by molar-refractivity contribution is -0.144. The van der Waals surface area contributed by atoms with E-state index in [1.54, 1.807) is 0 Å². The number of nitrogens with zero attached hydrogens (tertiary/aromatic N) is 4. The maximum Gasteiger partial charge on any atom is 0.206 e. The summed E-state index contributed by atoms with van der Waals surface area (Å²) in [6, 6.07) is 0.855. The Bertz CT molecular complexity index is 938. The molecule has 0 aromatic carbocycles. The Balaban J connectivity index is 1.63. The van der Waals surface area contributed by atoms with Crippen LogP contribution in [0.5, 0.6) is 0 Å². The van der Waals surface area contributed by atoms with Crippen molar-refractivity contribution in [2.75, 3.05) is 26.8 Å². The van der Waals surface area contributed by atoms with Crippen LogP contribution in [0.4, 0.5) is 0 Å². The van der Waals surface area contributed by atoms with E-state index < -0.39 is 17.9 Å². The first-order valence-corrected chi connectivity index (χ1v) is 10.2. The number of carbonyl (C=O) groups excluding carboxylic acids is 2. The van der Waals surface area contributed by atoms with Crippen LogP contribution in [0.2, 0.25) is 0 Å². The van der Waals surface area contributed by atoms with E-state index in [2.05, 4.69) is 15.9 Å². The molecule has 8 atom stereocenters. The van der Waals surface area contributed by atoms with Crippen LogP contribution in [-0.4, -0.2) is 101 Å². The van der Waals surface area contributed by atoms with Gasteiger partial charge in [-0.15, -0.1) is 0 Å². The fourth-order valence-electron chi connectivity index (χ4n) is 7.07. The molecule has 5 heterocycles. The van der Waals surface area contributed by atoms with E-state index in [0.717, 1.165) is 6.42 Å². The summed E-state index contributed by atoms with van der Waals surface area (Å²) >= 11 is 0. The molecular weight excluding hydrogens is 374 g/mol. The second-order valence-electron chi connectivity index (χ2n) is 8.90. The second kappa shape index (κ2) is 5.74. The van der Waals surface area contributed by atoms with Crippen molar-refractivity contribution >= 4 is 11.6 Å². The second-order valence-corrected chi connectivity index (χ2v) is 8.90. The lowest BCUT2D eigenvalue weighted by Gasteiger charge is -2.61. The third-order valence-corrected chi connectivity index (χ3v) is 7.98. The number of ketones is 2. The molecule has 0 saturated carbocycles. The Kier molecular flexibility index (Phi) is 3.51. The minimum Gasteiger partial charge on any atom is -0.395 e. The molecular formula is C20H23N5O4. The zero-order valence-corrected chi connectivity index (χ0v) is 16.1. The number of likely N-dealkylation sites (N-methyl/N-ethyl adjacent to an activating group) is 1. The first kappa shape index (κ1) is 17.7. The van der Waals surface area contributed by atoms with Gasteiger partial charge in [0, 0.05) is 47.8 Å². The molecule has 5 aliphatic heterocycles. The van der Waals surface area contributed by atoms with Crippen LogP contribution in [-0.2, 0) is 14.3 Å². The molecule has 2 bridgehead atoms. The van der Waals surface area contributed by atoms with E-state index in [-0.39, 0.29) is 60.0 Å². The molecule has 4 saturated heterocycles. The molecule has 9 nitrogen and oxygen atoms in total. The molecule has 0 aromatic rings. The molecule has 6 rings (SSSR count). The molecule has 9 heteroatoms. The van der Waals surface area contributed by atoms with E-state index in [9.17, 15) is 20.0 Å². The molecule has 152 valence electrons.